The van der Waals surface area contributed by atoms with Crippen LogP contribution in [0.25, 0.3) is 0 Å². The van der Waals surface area contributed by atoms with Crippen LogP contribution >= 0.6 is 24.0 Å². The highest BCUT2D eigenvalue weighted by Gasteiger charge is 2.05. The van der Waals surface area contributed by atoms with Gasteiger partial charge in [0.1, 0.15) is 0 Å². The first kappa shape index (κ1) is 21.8. The Balaban J connectivity index is 0. The van der Waals surface area contributed by atoms with Gasteiger partial charge in [-0.25, -0.2) is 0 Å². The van der Waals surface area contributed by atoms with Crippen LogP contribution in [-0.2, 0) is 4.79 Å². The van der Waals surface area contributed by atoms with Crippen LogP contribution in [0.1, 0.15) is 41.0 Å². The molecule has 3 N–H and O–H groups in total. The van der Waals surface area contributed by atoms with Gasteiger partial charge in [-0.05, 0) is 19.3 Å². The Labute approximate surface area is 140 Å². The summed E-state index contributed by atoms with van der Waals surface area (Å²) in [4.78, 5) is 15.9. The number of nitrogens with one attached hydrogen (secondary N) is 3. The molecule has 5 nitrogen and oxygen atoms in total. The van der Waals surface area contributed by atoms with E-state index in [-0.39, 0.29) is 35.8 Å². The van der Waals surface area contributed by atoms with Gasteiger partial charge >= 0.3 is 0 Å². The molecule has 0 unspecified atom stereocenters. The average molecular weight is 398 g/mol. The molecule has 0 aromatic carbocycles. The number of hydrogen-bond donors (Lipinski definition) is 3. The predicted molar refractivity (Wildman–Crippen MR) is 96.7 cm³/mol. The highest BCUT2D eigenvalue weighted by Crippen LogP contribution is 1.98. The van der Waals surface area contributed by atoms with E-state index in [4.69, 9.17) is 0 Å². The smallest absolute Gasteiger partial charge is 0.222 e. The molecule has 0 aromatic heterocycles. The van der Waals surface area contributed by atoms with Crippen LogP contribution < -0.4 is 16.0 Å². The van der Waals surface area contributed by atoms with Gasteiger partial charge in [0.05, 0.1) is 0 Å². The second-order valence-corrected chi connectivity index (χ2v) is 5.32. The van der Waals surface area contributed by atoms with Crippen LogP contribution in [0, 0.1) is 11.8 Å². The Morgan fingerprint density at radius 3 is 2.15 bits per heavy atom. The molecule has 0 rings (SSSR count). The third-order valence-corrected chi connectivity index (χ3v) is 2.56. The molecule has 20 heavy (non-hydrogen) atoms. The molecule has 0 bridgehead atoms. The highest BCUT2D eigenvalue weighted by atomic mass is 127. The number of hydrogen-bond acceptors (Lipinski definition) is 2. The summed E-state index contributed by atoms with van der Waals surface area (Å²) in [6.45, 7) is 13.2. The first-order chi connectivity index (χ1) is 8.97. The van der Waals surface area contributed by atoms with E-state index in [2.05, 4.69) is 34.8 Å². The van der Waals surface area contributed by atoms with Crippen molar-refractivity contribution in [3.8, 4) is 0 Å². The molecule has 0 aliphatic rings. The van der Waals surface area contributed by atoms with E-state index in [0.29, 0.717) is 19.0 Å². The van der Waals surface area contributed by atoms with Crippen LogP contribution in [0.15, 0.2) is 4.99 Å². The van der Waals surface area contributed by atoms with Crippen LogP contribution in [0.2, 0.25) is 0 Å². The predicted octanol–water partition coefficient (Wildman–Crippen LogP) is 1.98. The number of aliphatic imine (C=N–C) groups is 1. The number of carbonyl (C=O) groups is 1. The van der Waals surface area contributed by atoms with E-state index in [1.807, 2.05) is 20.8 Å². The van der Waals surface area contributed by atoms with Crippen LogP contribution in [0.4, 0.5) is 0 Å². The molecule has 0 radical (unpaired) electrons. The molecule has 120 valence electrons. The van der Waals surface area contributed by atoms with E-state index in [9.17, 15) is 4.79 Å². The van der Waals surface area contributed by atoms with Crippen molar-refractivity contribution >= 4 is 35.8 Å². The fourth-order valence-corrected chi connectivity index (χ4v) is 1.35. The van der Waals surface area contributed by atoms with Crippen molar-refractivity contribution in [1.82, 2.24) is 16.0 Å². The fraction of sp³-hybridized carbons (Fsp3) is 0.857. The number of rotatable bonds is 8. The standard InChI is InChI=1S/C14H30N4O.HI/c1-6-15-14(17-8-7-11(2)3)18-10-9-16-13(19)12(4)5;/h11-12H,6-10H2,1-5H3,(H,16,19)(H2,15,17,18);1H. The lowest BCUT2D eigenvalue weighted by atomic mass is 10.1. The molecule has 0 aliphatic heterocycles. The molecule has 0 aromatic rings. The Morgan fingerprint density at radius 1 is 1.05 bits per heavy atom. The fourth-order valence-electron chi connectivity index (χ4n) is 1.35. The van der Waals surface area contributed by atoms with Gasteiger partial charge in [0.2, 0.25) is 5.91 Å². The summed E-state index contributed by atoms with van der Waals surface area (Å²) >= 11 is 0. The van der Waals surface area contributed by atoms with E-state index < -0.39 is 0 Å². The third-order valence-electron chi connectivity index (χ3n) is 2.56. The van der Waals surface area contributed by atoms with Crippen molar-refractivity contribution in [1.29, 1.82) is 0 Å². The summed E-state index contributed by atoms with van der Waals surface area (Å²) in [5.41, 5.74) is 0. The summed E-state index contributed by atoms with van der Waals surface area (Å²) in [5.74, 6) is 1.61. The molecule has 0 spiro atoms. The summed E-state index contributed by atoms with van der Waals surface area (Å²) in [6, 6.07) is 0. The van der Waals surface area contributed by atoms with Crippen LogP contribution in [0.3, 0.4) is 0 Å². The third kappa shape index (κ3) is 12.5. The number of halogens is 1. The maximum Gasteiger partial charge on any atom is 0.222 e. The molecular weight excluding hydrogens is 367 g/mol. The van der Waals surface area contributed by atoms with Gasteiger partial charge < -0.3 is 16.0 Å². The molecule has 0 fully saturated rings. The largest absolute Gasteiger partial charge is 0.357 e. The summed E-state index contributed by atoms with van der Waals surface area (Å²) in [6.07, 6.45) is 1.08. The van der Waals surface area contributed by atoms with Crippen molar-refractivity contribution in [2.75, 3.05) is 26.2 Å². The van der Waals surface area contributed by atoms with Crippen LogP contribution in [-0.4, -0.2) is 38.0 Å². The first-order valence-electron chi connectivity index (χ1n) is 7.27. The second-order valence-electron chi connectivity index (χ2n) is 5.32. The van der Waals surface area contributed by atoms with Gasteiger partial charge in [-0.15, -0.1) is 24.0 Å². The first-order valence-corrected chi connectivity index (χ1v) is 7.27. The van der Waals surface area contributed by atoms with Crippen molar-refractivity contribution in [3.63, 3.8) is 0 Å². The summed E-state index contributed by atoms with van der Waals surface area (Å²) < 4.78 is 0. The lowest BCUT2D eigenvalue weighted by Crippen LogP contribution is -2.42. The SMILES string of the molecule is CCNC(=NCCC(C)C)NCCNC(=O)C(C)C.I. The minimum atomic E-state index is 0. The lowest BCUT2D eigenvalue weighted by molar-refractivity contribution is -0.123. The van der Waals surface area contributed by atoms with Gasteiger partial charge in [-0.2, -0.15) is 0 Å². The lowest BCUT2D eigenvalue weighted by Gasteiger charge is -2.12. The number of guanidine groups is 1. The average Bonchev–Trinajstić information content (AvgIpc) is 2.33. The second kappa shape index (κ2) is 13.5. The zero-order valence-electron chi connectivity index (χ0n) is 13.5. The van der Waals surface area contributed by atoms with E-state index in [1.54, 1.807) is 0 Å². The van der Waals surface area contributed by atoms with Crippen LogP contribution in [0.5, 0.6) is 0 Å². The Kier molecular flexibility index (Phi) is 14.6. The van der Waals surface area contributed by atoms with Gasteiger partial charge in [0.25, 0.3) is 0 Å². The highest BCUT2D eigenvalue weighted by molar-refractivity contribution is 14.0. The Hall–Kier alpha value is -0.530. The van der Waals surface area contributed by atoms with Crippen molar-refractivity contribution in [2.45, 2.75) is 41.0 Å². The van der Waals surface area contributed by atoms with Gasteiger partial charge in [-0.3, -0.25) is 9.79 Å². The number of nitrogens with zero attached hydrogens (tertiary/aromatic N) is 1. The molecule has 0 saturated heterocycles. The zero-order chi connectivity index (χ0) is 14.7. The van der Waals surface area contributed by atoms with E-state index in [0.717, 1.165) is 25.5 Å². The normalized spacial score (nSPS) is 11.2. The summed E-state index contributed by atoms with van der Waals surface area (Å²) in [5, 5.41) is 9.28. The minimum absolute atomic E-state index is 0. The zero-order valence-corrected chi connectivity index (χ0v) is 15.8. The van der Waals surface area contributed by atoms with Gasteiger partial charge in [0.15, 0.2) is 5.96 Å². The Morgan fingerprint density at radius 2 is 1.65 bits per heavy atom. The molecule has 0 atom stereocenters. The number of carbonyl (C=O) groups excluding carboxylic acids is 1. The molecule has 0 saturated carbocycles. The topological polar surface area (TPSA) is 65.5 Å². The molecular formula is C14H31IN4O. The maximum atomic E-state index is 11.4. The van der Waals surface area contributed by atoms with Crippen molar-refractivity contribution in [3.05, 3.63) is 0 Å². The quantitative estimate of drug-likeness (QED) is 0.254. The van der Waals surface area contributed by atoms with Gasteiger partial charge in [-0.1, -0.05) is 27.7 Å². The molecule has 1 amide bonds. The molecule has 6 heteroatoms. The maximum absolute atomic E-state index is 11.4. The van der Waals surface area contributed by atoms with Crippen molar-refractivity contribution in [2.24, 2.45) is 16.8 Å². The number of amides is 1. The van der Waals surface area contributed by atoms with E-state index in [1.165, 1.54) is 0 Å². The van der Waals surface area contributed by atoms with E-state index >= 15 is 0 Å². The molecule has 0 aliphatic carbocycles. The Bertz CT molecular complexity index is 280. The monoisotopic (exact) mass is 398 g/mol. The van der Waals surface area contributed by atoms with Crippen molar-refractivity contribution < 1.29 is 4.79 Å². The summed E-state index contributed by atoms with van der Waals surface area (Å²) in [7, 11) is 0. The molecule has 0 heterocycles. The van der Waals surface area contributed by atoms with Gasteiger partial charge in [0, 0.05) is 32.1 Å². The minimum Gasteiger partial charge on any atom is -0.357 e.